The summed E-state index contributed by atoms with van der Waals surface area (Å²) in [6, 6.07) is 16.7. The Morgan fingerprint density at radius 2 is 1.59 bits per heavy atom. The molecule has 0 spiro atoms. The molecule has 1 amide bonds. The van der Waals surface area contributed by atoms with Gasteiger partial charge in [0, 0.05) is 0 Å². The number of amides is 1. The van der Waals surface area contributed by atoms with Crippen molar-refractivity contribution in [3.63, 3.8) is 0 Å². The summed E-state index contributed by atoms with van der Waals surface area (Å²) >= 11 is 0. The fourth-order valence-corrected chi connectivity index (χ4v) is 3.02. The van der Waals surface area contributed by atoms with E-state index in [1.807, 2.05) is 30.3 Å². The maximum Gasteiger partial charge on any atom is 0.323 e. The van der Waals surface area contributed by atoms with Crippen molar-refractivity contribution in [3.05, 3.63) is 89.2 Å². The lowest BCUT2D eigenvalue weighted by atomic mass is 9.95. The largest absolute Gasteiger partial charge is 0.503 e. The Labute approximate surface area is 155 Å². The van der Waals surface area contributed by atoms with Gasteiger partial charge >= 0.3 is 5.97 Å². The SMILES string of the molecule is O=C(O)CN1C(=O)C(O)=C(C(=O)/C=C\c2ccccc2)[C@H]1c1ccccc1. The van der Waals surface area contributed by atoms with Crippen LogP contribution in [0.4, 0.5) is 0 Å². The number of carboxylic acids is 1. The number of ketones is 1. The normalized spacial score (nSPS) is 17.0. The summed E-state index contributed by atoms with van der Waals surface area (Å²) in [5.41, 5.74) is 1.21. The van der Waals surface area contributed by atoms with Crippen LogP contribution in [0.1, 0.15) is 17.2 Å². The third-order valence-electron chi connectivity index (χ3n) is 4.22. The van der Waals surface area contributed by atoms with Crippen LogP contribution in [0, 0.1) is 0 Å². The Morgan fingerprint density at radius 1 is 1.00 bits per heavy atom. The smallest absolute Gasteiger partial charge is 0.323 e. The van der Waals surface area contributed by atoms with Crippen LogP contribution in [0.5, 0.6) is 0 Å². The first-order valence-electron chi connectivity index (χ1n) is 8.27. The summed E-state index contributed by atoms with van der Waals surface area (Å²) in [7, 11) is 0. The van der Waals surface area contributed by atoms with Crippen molar-refractivity contribution < 1.29 is 24.6 Å². The summed E-state index contributed by atoms with van der Waals surface area (Å²) in [5.74, 6) is -3.37. The van der Waals surface area contributed by atoms with Gasteiger partial charge in [-0.2, -0.15) is 0 Å². The molecule has 3 rings (SSSR count). The molecule has 0 saturated carbocycles. The highest BCUT2D eigenvalue weighted by Crippen LogP contribution is 2.37. The van der Waals surface area contributed by atoms with Crippen LogP contribution >= 0.6 is 0 Å². The van der Waals surface area contributed by atoms with E-state index in [4.69, 9.17) is 5.11 Å². The summed E-state index contributed by atoms with van der Waals surface area (Å²) in [6.07, 6.45) is 2.85. The molecule has 0 unspecified atom stereocenters. The molecule has 0 fully saturated rings. The molecule has 27 heavy (non-hydrogen) atoms. The van der Waals surface area contributed by atoms with E-state index in [1.54, 1.807) is 36.4 Å². The second-order valence-electron chi connectivity index (χ2n) is 6.01. The van der Waals surface area contributed by atoms with Gasteiger partial charge in [-0.3, -0.25) is 14.4 Å². The predicted octanol–water partition coefficient (Wildman–Crippen LogP) is 2.75. The van der Waals surface area contributed by atoms with E-state index in [-0.39, 0.29) is 5.57 Å². The first-order chi connectivity index (χ1) is 13.0. The zero-order valence-electron chi connectivity index (χ0n) is 14.3. The molecule has 0 radical (unpaired) electrons. The third kappa shape index (κ3) is 3.79. The standard InChI is InChI=1S/C21H17NO5/c23-16(12-11-14-7-3-1-4-8-14)18-19(15-9-5-2-6-10-15)22(13-17(24)25)21(27)20(18)26/h1-12,19,26H,13H2,(H,24,25)/b12-11-/t19-/m1/s1. The highest BCUT2D eigenvalue weighted by Gasteiger charge is 2.43. The third-order valence-corrected chi connectivity index (χ3v) is 4.22. The van der Waals surface area contributed by atoms with Gasteiger partial charge in [-0.25, -0.2) is 0 Å². The van der Waals surface area contributed by atoms with E-state index >= 15 is 0 Å². The highest BCUT2D eigenvalue weighted by atomic mass is 16.4. The zero-order valence-corrected chi connectivity index (χ0v) is 14.3. The minimum Gasteiger partial charge on any atom is -0.503 e. The van der Waals surface area contributed by atoms with E-state index in [2.05, 4.69) is 0 Å². The maximum atomic E-state index is 12.8. The fraction of sp³-hybridized carbons (Fsp3) is 0.0952. The van der Waals surface area contributed by atoms with Crippen molar-refractivity contribution >= 4 is 23.7 Å². The van der Waals surface area contributed by atoms with Crippen LogP contribution < -0.4 is 0 Å². The molecular weight excluding hydrogens is 346 g/mol. The van der Waals surface area contributed by atoms with Crippen molar-refractivity contribution in [3.8, 4) is 0 Å². The van der Waals surface area contributed by atoms with Crippen LogP contribution in [0.15, 0.2) is 78.1 Å². The number of hydrogen-bond acceptors (Lipinski definition) is 4. The maximum absolute atomic E-state index is 12.8. The Kier molecular flexibility index (Phi) is 5.17. The number of allylic oxidation sites excluding steroid dienone is 1. The quantitative estimate of drug-likeness (QED) is 0.770. The van der Waals surface area contributed by atoms with E-state index in [1.165, 1.54) is 6.08 Å². The molecule has 1 aliphatic rings. The number of carbonyl (C=O) groups excluding carboxylic acids is 2. The minimum atomic E-state index is -1.23. The van der Waals surface area contributed by atoms with E-state index < -0.39 is 36.0 Å². The monoisotopic (exact) mass is 363 g/mol. The number of hydrogen-bond donors (Lipinski definition) is 2. The van der Waals surface area contributed by atoms with Crippen LogP contribution in [-0.2, 0) is 14.4 Å². The molecule has 0 aliphatic carbocycles. The molecule has 2 aromatic carbocycles. The van der Waals surface area contributed by atoms with Crippen LogP contribution in [0.3, 0.4) is 0 Å². The van der Waals surface area contributed by atoms with Crippen LogP contribution in [0.2, 0.25) is 0 Å². The van der Waals surface area contributed by atoms with Crippen molar-refractivity contribution in [1.82, 2.24) is 4.90 Å². The lowest BCUT2D eigenvalue weighted by Gasteiger charge is -2.24. The van der Waals surface area contributed by atoms with Gasteiger partial charge in [-0.1, -0.05) is 66.7 Å². The molecule has 0 saturated heterocycles. The Balaban J connectivity index is 1.99. The van der Waals surface area contributed by atoms with Crippen LogP contribution in [-0.4, -0.2) is 39.3 Å². The number of carboxylic acid groups (broad SMARTS) is 1. The number of benzene rings is 2. The van der Waals surface area contributed by atoms with Crippen LogP contribution in [0.25, 0.3) is 6.08 Å². The Hall–Kier alpha value is -3.67. The van der Waals surface area contributed by atoms with Crippen molar-refractivity contribution in [1.29, 1.82) is 0 Å². The molecule has 136 valence electrons. The Bertz CT molecular complexity index is 932. The number of nitrogens with zero attached hydrogens (tertiary/aromatic N) is 1. The topological polar surface area (TPSA) is 94.9 Å². The molecule has 1 aliphatic heterocycles. The molecule has 0 aromatic heterocycles. The summed E-state index contributed by atoms with van der Waals surface area (Å²) in [4.78, 5) is 37.3. The molecule has 2 N–H and O–H groups in total. The number of aliphatic hydroxyl groups excluding tert-OH is 1. The lowest BCUT2D eigenvalue weighted by molar-refractivity contribution is -0.144. The van der Waals surface area contributed by atoms with Gasteiger partial charge in [0.05, 0.1) is 11.6 Å². The van der Waals surface area contributed by atoms with Gasteiger partial charge < -0.3 is 15.1 Å². The first-order valence-corrected chi connectivity index (χ1v) is 8.27. The van der Waals surface area contributed by atoms with Gasteiger partial charge in [0.2, 0.25) is 0 Å². The molecular formula is C21H17NO5. The summed E-state index contributed by atoms with van der Waals surface area (Å²) < 4.78 is 0. The van der Waals surface area contributed by atoms with E-state index in [9.17, 15) is 19.5 Å². The molecule has 6 nitrogen and oxygen atoms in total. The van der Waals surface area contributed by atoms with E-state index in [0.717, 1.165) is 10.5 Å². The van der Waals surface area contributed by atoms with E-state index in [0.29, 0.717) is 5.56 Å². The molecule has 2 aromatic rings. The fourth-order valence-electron chi connectivity index (χ4n) is 3.02. The average Bonchev–Trinajstić information content (AvgIpc) is 2.92. The second-order valence-corrected chi connectivity index (χ2v) is 6.01. The second kappa shape index (κ2) is 7.70. The summed E-state index contributed by atoms with van der Waals surface area (Å²) in [6.45, 7) is -0.623. The lowest BCUT2D eigenvalue weighted by Crippen LogP contribution is -2.35. The van der Waals surface area contributed by atoms with Gasteiger partial charge in [0.1, 0.15) is 6.54 Å². The minimum absolute atomic E-state index is 0.125. The molecule has 1 atom stereocenters. The van der Waals surface area contributed by atoms with Crippen molar-refractivity contribution in [2.45, 2.75) is 6.04 Å². The van der Waals surface area contributed by atoms with Gasteiger partial charge in [-0.15, -0.1) is 0 Å². The average molecular weight is 363 g/mol. The zero-order chi connectivity index (χ0) is 19.4. The molecule has 1 heterocycles. The van der Waals surface area contributed by atoms with Crippen molar-refractivity contribution in [2.24, 2.45) is 0 Å². The van der Waals surface area contributed by atoms with Crippen molar-refractivity contribution in [2.75, 3.05) is 6.54 Å². The Morgan fingerprint density at radius 3 is 2.19 bits per heavy atom. The van der Waals surface area contributed by atoms with Gasteiger partial charge in [-0.05, 0) is 17.2 Å². The number of aliphatic hydroxyl groups is 1. The summed E-state index contributed by atoms with van der Waals surface area (Å²) in [5, 5.41) is 19.4. The van der Waals surface area contributed by atoms with Gasteiger partial charge in [0.25, 0.3) is 5.91 Å². The number of aliphatic carboxylic acids is 1. The molecule has 0 bridgehead atoms. The number of rotatable bonds is 6. The molecule has 6 heteroatoms. The number of carbonyl (C=O) groups is 3. The van der Waals surface area contributed by atoms with Gasteiger partial charge in [0.15, 0.2) is 11.5 Å². The highest BCUT2D eigenvalue weighted by molar-refractivity contribution is 6.14. The predicted molar refractivity (Wildman–Crippen MR) is 98.7 cm³/mol. The first kappa shape index (κ1) is 18.1.